The molecule has 0 fully saturated rings. The topological polar surface area (TPSA) is 119 Å². The maximum Gasteiger partial charge on any atom is 0.127 e. The van der Waals surface area contributed by atoms with Gasteiger partial charge in [-0.05, 0) is 30.3 Å². The lowest BCUT2D eigenvalue weighted by Gasteiger charge is -2.14. The van der Waals surface area contributed by atoms with E-state index in [1.807, 2.05) is 0 Å². The first-order chi connectivity index (χ1) is 10.0. The Balaban J connectivity index is 2.30. The normalized spacial score (nSPS) is 12.1. The predicted octanol–water partition coefficient (Wildman–Crippen LogP) is 1.11. The third-order valence-electron chi connectivity index (χ3n) is 3.08. The van der Waals surface area contributed by atoms with Crippen LogP contribution in [0.3, 0.4) is 0 Å². The minimum Gasteiger partial charge on any atom is -0.508 e. The third kappa shape index (κ3) is 3.56. The summed E-state index contributed by atoms with van der Waals surface area (Å²) < 4.78 is 0. The first kappa shape index (κ1) is 15.0. The Labute approximate surface area is 122 Å². The molecule has 2 aromatic rings. The molecular formula is C15H18N2O4. The highest BCUT2D eigenvalue weighted by atomic mass is 16.3. The highest BCUT2D eigenvalue weighted by molar-refractivity contribution is 5.83. The fourth-order valence-electron chi connectivity index (χ4n) is 1.95. The number of nitrogens with two attached hydrogens (primary N) is 1. The molecule has 2 aromatic carbocycles. The maximum absolute atomic E-state index is 9.91. The first-order valence-corrected chi connectivity index (χ1v) is 6.46. The Morgan fingerprint density at radius 2 is 1.81 bits per heavy atom. The van der Waals surface area contributed by atoms with Gasteiger partial charge >= 0.3 is 0 Å². The quantitative estimate of drug-likeness (QED) is 0.459. The zero-order valence-electron chi connectivity index (χ0n) is 11.3. The van der Waals surface area contributed by atoms with Crippen LogP contribution >= 0.6 is 0 Å². The standard InChI is InChI=1S/C15H18N2O4/c16-14-4-1-9(17-7-11(20)8-18)5-13(14)12-3-2-10(19)6-15(12)21/h1-6,11,17-21H,7-8,16H2. The number of hydrogen-bond donors (Lipinski definition) is 6. The van der Waals surface area contributed by atoms with Gasteiger partial charge in [-0.25, -0.2) is 0 Å². The number of nitrogen functional groups attached to an aromatic ring is 1. The van der Waals surface area contributed by atoms with Crippen LogP contribution in [0.4, 0.5) is 11.4 Å². The van der Waals surface area contributed by atoms with Crippen molar-refractivity contribution in [3.8, 4) is 22.6 Å². The smallest absolute Gasteiger partial charge is 0.127 e. The van der Waals surface area contributed by atoms with Gasteiger partial charge in [0.05, 0.1) is 12.7 Å². The van der Waals surface area contributed by atoms with Gasteiger partial charge in [0, 0.05) is 35.1 Å². The summed E-state index contributed by atoms with van der Waals surface area (Å²) in [5.41, 5.74) is 8.19. The average molecular weight is 290 g/mol. The van der Waals surface area contributed by atoms with Gasteiger partial charge in [0.2, 0.25) is 0 Å². The van der Waals surface area contributed by atoms with E-state index in [0.717, 1.165) is 0 Å². The Hall–Kier alpha value is -2.44. The van der Waals surface area contributed by atoms with E-state index in [9.17, 15) is 15.3 Å². The molecule has 6 heteroatoms. The Bertz CT molecular complexity index is 631. The molecule has 2 rings (SSSR count). The van der Waals surface area contributed by atoms with E-state index in [1.54, 1.807) is 24.3 Å². The van der Waals surface area contributed by atoms with Gasteiger partial charge in [-0.2, -0.15) is 0 Å². The minimum atomic E-state index is -0.854. The predicted molar refractivity (Wildman–Crippen MR) is 81.2 cm³/mol. The van der Waals surface area contributed by atoms with Gasteiger partial charge in [-0.1, -0.05) is 0 Å². The SMILES string of the molecule is Nc1ccc(NCC(O)CO)cc1-c1ccc(O)cc1O. The maximum atomic E-state index is 9.91. The van der Waals surface area contributed by atoms with E-state index in [0.29, 0.717) is 22.5 Å². The van der Waals surface area contributed by atoms with E-state index in [4.69, 9.17) is 10.8 Å². The van der Waals surface area contributed by atoms with Crippen molar-refractivity contribution < 1.29 is 20.4 Å². The van der Waals surface area contributed by atoms with E-state index in [1.165, 1.54) is 12.1 Å². The van der Waals surface area contributed by atoms with Crippen LogP contribution in [0.2, 0.25) is 0 Å². The Kier molecular flexibility index (Phi) is 4.52. The van der Waals surface area contributed by atoms with Crippen molar-refractivity contribution in [3.05, 3.63) is 36.4 Å². The number of rotatable bonds is 5. The van der Waals surface area contributed by atoms with Crippen LogP contribution in [-0.2, 0) is 0 Å². The fraction of sp³-hybridized carbons (Fsp3) is 0.200. The van der Waals surface area contributed by atoms with E-state index >= 15 is 0 Å². The molecule has 7 N–H and O–H groups in total. The van der Waals surface area contributed by atoms with Crippen LogP contribution in [0.25, 0.3) is 11.1 Å². The summed E-state index contributed by atoms with van der Waals surface area (Å²) in [5.74, 6) is -0.107. The Morgan fingerprint density at radius 3 is 2.48 bits per heavy atom. The molecule has 0 bridgehead atoms. The van der Waals surface area contributed by atoms with Gasteiger partial charge in [0.25, 0.3) is 0 Å². The summed E-state index contributed by atoms with van der Waals surface area (Å²) in [5, 5.41) is 40.3. The number of hydrogen-bond acceptors (Lipinski definition) is 6. The minimum absolute atomic E-state index is 0.0323. The Morgan fingerprint density at radius 1 is 1.05 bits per heavy atom. The van der Waals surface area contributed by atoms with E-state index in [-0.39, 0.29) is 24.7 Å². The molecule has 0 heterocycles. The summed E-state index contributed by atoms with van der Waals surface area (Å²) in [6.45, 7) is -0.130. The fourth-order valence-corrected chi connectivity index (χ4v) is 1.95. The molecule has 0 aliphatic carbocycles. The molecule has 6 nitrogen and oxygen atoms in total. The van der Waals surface area contributed by atoms with Gasteiger partial charge in [0.1, 0.15) is 11.5 Å². The molecule has 112 valence electrons. The second-order valence-corrected chi connectivity index (χ2v) is 4.72. The van der Waals surface area contributed by atoms with E-state index < -0.39 is 6.10 Å². The molecule has 0 spiro atoms. The highest BCUT2D eigenvalue weighted by Crippen LogP contribution is 2.36. The van der Waals surface area contributed by atoms with E-state index in [2.05, 4.69) is 5.32 Å². The van der Waals surface area contributed by atoms with Crippen molar-refractivity contribution in [2.45, 2.75) is 6.10 Å². The van der Waals surface area contributed by atoms with Crippen molar-refractivity contribution in [2.24, 2.45) is 0 Å². The number of anilines is 2. The number of phenolic OH excluding ortho intramolecular Hbond substituents is 2. The van der Waals surface area contributed by atoms with Gasteiger partial charge in [0.15, 0.2) is 0 Å². The second kappa shape index (κ2) is 6.34. The number of benzene rings is 2. The zero-order chi connectivity index (χ0) is 15.4. The molecule has 0 aliphatic rings. The molecule has 1 atom stereocenters. The summed E-state index contributed by atoms with van der Waals surface area (Å²) >= 11 is 0. The largest absolute Gasteiger partial charge is 0.508 e. The van der Waals surface area contributed by atoms with Crippen molar-refractivity contribution in [2.75, 3.05) is 24.2 Å². The van der Waals surface area contributed by atoms with Gasteiger partial charge in [-0.15, -0.1) is 0 Å². The van der Waals surface area contributed by atoms with Crippen LogP contribution in [0, 0.1) is 0 Å². The molecule has 0 radical (unpaired) electrons. The summed E-state index contributed by atoms with van der Waals surface area (Å²) in [4.78, 5) is 0. The molecule has 1 unspecified atom stereocenters. The second-order valence-electron chi connectivity index (χ2n) is 4.72. The number of aromatic hydroxyl groups is 2. The number of phenols is 2. The third-order valence-corrected chi connectivity index (χ3v) is 3.08. The number of aliphatic hydroxyl groups is 2. The van der Waals surface area contributed by atoms with Gasteiger partial charge < -0.3 is 31.5 Å². The van der Waals surface area contributed by atoms with Crippen LogP contribution in [-0.4, -0.2) is 39.7 Å². The monoisotopic (exact) mass is 290 g/mol. The molecule has 0 aromatic heterocycles. The number of nitrogens with one attached hydrogen (secondary N) is 1. The van der Waals surface area contributed by atoms with Crippen LogP contribution in [0.5, 0.6) is 11.5 Å². The molecule has 0 saturated heterocycles. The van der Waals surface area contributed by atoms with Crippen molar-refractivity contribution >= 4 is 11.4 Å². The first-order valence-electron chi connectivity index (χ1n) is 6.46. The van der Waals surface area contributed by atoms with Crippen molar-refractivity contribution in [3.63, 3.8) is 0 Å². The van der Waals surface area contributed by atoms with Crippen molar-refractivity contribution in [1.82, 2.24) is 0 Å². The molecule has 21 heavy (non-hydrogen) atoms. The highest BCUT2D eigenvalue weighted by Gasteiger charge is 2.10. The molecule has 0 saturated carbocycles. The molecular weight excluding hydrogens is 272 g/mol. The average Bonchev–Trinajstić information content (AvgIpc) is 2.46. The van der Waals surface area contributed by atoms with Crippen LogP contribution < -0.4 is 11.1 Å². The van der Waals surface area contributed by atoms with Gasteiger partial charge in [-0.3, -0.25) is 0 Å². The lowest BCUT2D eigenvalue weighted by atomic mass is 10.0. The zero-order valence-corrected chi connectivity index (χ0v) is 11.3. The summed E-state index contributed by atoms with van der Waals surface area (Å²) in [7, 11) is 0. The number of aliphatic hydroxyl groups excluding tert-OH is 2. The lowest BCUT2D eigenvalue weighted by molar-refractivity contribution is 0.105. The van der Waals surface area contributed by atoms with Crippen LogP contribution in [0.15, 0.2) is 36.4 Å². The molecule has 0 amide bonds. The summed E-state index contributed by atoms with van der Waals surface area (Å²) in [6.07, 6.45) is -0.854. The summed E-state index contributed by atoms with van der Waals surface area (Å²) in [6, 6.07) is 9.42. The lowest BCUT2D eigenvalue weighted by Crippen LogP contribution is -2.22. The van der Waals surface area contributed by atoms with Crippen molar-refractivity contribution in [1.29, 1.82) is 0 Å². The van der Waals surface area contributed by atoms with Crippen LogP contribution in [0.1, 0.15) is 0 Å². The molecule has 0 aliphatic heterocycles.